The molecular formula is C25H19N5O3. The van der Waals surface area contributed by atoms with Gasteiger partial charge in [-0.2, -0.15) is 10.1 Å². The Morgan fingerprint density at radius 1 is 1.06 bits per heavy atom. The van der Waals surface area contributed by atoms with E-state index in [9.17, 15) is 4.79 Å². The first-order valence-corrected chi connectivity index (χ1v) is 10.5. The topological polar surface area (TPSA) is 91.2 Å². The Bertz CT molecular complexity index is 1380. The molecule has 8 heteroatoms. The van der Waals surface area contributed by atoms with E-state index in [0.717, 1.165) is 33.7 Å². The molecule has 1 N–H and O–H groups in total. The quantitative estimate of drug-likeness (QED) is 0.484. The average Bonchev–Trinajstić information content (AvgIpc) is 3.35. The maximum absolute atomic E-state index is 11.9. The Hall–Kier alpha value is -4.46. The number of fused-ring (bicyclic) bond motifs is 3. The molecule has 8 nitrogen and oxygen atoms in total. The lowest BCUT2D eigenvalue weighted by Crippen LogP contribution is -2.32. The number of nitrogens with one attached hydrogen (secondary N) is 1. The maximum Gasteiger partial charge on any atom is 0.337 e. The summed E-state index contributed by atoms with van der Waals surface area (Å²) in [7, 11) is 1.37. The van der Waals surface area contributed by atoms with E-state index in [1.165, 1.54) is 13.4 Å². The van der Waals surface area contributed by atoms with E-state index in [1.54, 1.807) is 18.3 Å². The molecule has 2 aromatic heterocycles. The van der Waals surface area contributed by atoms with Crippen molar-refractivity contribution < 1.29 is 14.3 Å². The van der Waals surface area contributed by atoms with Crippen molar-refractivity contribution in [3.05, 3.63) is 107 Å². The summed E-state index contributed by atoms with van der Waals surface area (Å²) in [6.07, 6.45) is 4.70. The van der Waals surface area contributed by atoms with Gasteiger partial charge < -0.3 is 14.8 Å². The van der Waals surface area contributed by atoms with E-state index in [0.29, 0.717) is 11.5 Å². The molecule has 162 valence electrons. The molecule has 0 radical (unpaired) electrons. The molecule has 0 unspecified atom stereocenters. The molecule has 0 fully saturated rings. The lowest BCUT2D eigenvalue weighted by Gasteiger charge is -2.38. The third-order valence-corrected chi connectivity index (χ3v) is 5.96. The normalized spacial score (nSPS) is 18.3. The summed E-state index contributed by atoms with van der Waals surface area (Å²) < 4.78 is 13.3. The molecule has 6 rings (SSSR count). The standard InChI is InChI=1S/C25H19N5O3/c1-32-24(31)16-10-8-15(9-11-16)23-20-21(18-6-2-3-7-19(18)33-23)29-25-27-14-28-30(25)22(20)17-5-4-12-26-13-17/h2-14,22-23H,1H3,(H,27,28,29)/t22-,23+/m0/s1. The summed E-state index contributed by atoms with van der Waals surface area (Å²) >= 11 is 0. The van der Waals surface area contributed by atoms with Crippen molar-refractivity contribution in [2.75, 3.05) is 12.4 Å². The van der Waals surface area contributed by atoms with E-state index in [4.69, 9.17) is 9.47 Å². The monoisotopic (exact) mass is 437 g/mol. The van der Waals surface area contributed by atoms with Gasteiger partial charge in [0.25, 0.3) is 0 Å². The van der Waals surface area contributed by atoms with Gasteiger partial charge in [-0.25, -0.2) is 9.48 Å². The Morgan fingerprint density at radius 2 is 1.91 bits per heavy atom. The molecule has 0 spiro atoms. The number of aromatic nitrogens is 4. The molecule has 0 aliphatic carbocycles. The highest BCUT2D eigenvalue weighted by molar-refractivity contribution is 5.89. The van der Waals surface area contributed by atoms with Crippen LogP contribution in [0.5, 0.6) is 5.75 Å². The maximum atomic E-state index is 11.9. The van der Waals surface area contributed by atoms with Gasteiger partial charge >= 0.3 is 5.97 Å². The third-order valence-electron chi connectivity index (χ3n) is 5.96. The Morgan fingerprint density at radius 3 is 2.70 bits per heavy atom. The van der Waals surface area contributed by atoms with Gasteiger partial charge in [0.15, 0.2) is 0 Å². The van der Waals surface area contributed by atoms with Gasteiger partial charge in [-0.1, -0.05) is 30.3 Å². The van der Waals surface area contributed by atoms with Gasteiger partial charge in [0.2, 0.25) is 5.95 Å². The number of anilines is 1. The fraction of sp³-hybridized carbons (Fsp3) is 0.120. The molecule has 4 aromatic rings. The number of methoxy groups -OCH3 is 1. The van der Waals surface area contributed by atoms with Crippen LogP contribution in [0.15, 0.2) is 85.0 Å². The molecule has 2 aromatic carbocycles. The smallest absolute Gasteiger partial charge is 0.337 e. The lowest BCUT2D eigenvalue weighted by molar-refractivity contribution is 0.0600. The first-order valence-electron chi connectivity index (χ1n) is 10.5. The number of benzene rings is 2. The van der Waals surface area contributed by atoms with Crippen LogP contribution in [0.25, 0.3) is 5.70 Å². The molecular weight excluding hydrogens is 418 g/mol. The van der Waals surface area contributed by atoms with E-state index < -0.39 is 6.10 Å². The highest BCUT2D eigenvalue weighted by atomic mass is 16.5. The number of hydrogen-bond donors (Lipinski definition) is 1. The second kappa shape index (κ2) is 7.59. The minimum atomic E-state index is -0.420. The van der Waals surface area contributed by atoms with Crippen molar-refractivity contribution in [2.24, 2.45) is 0 Å². The van der Waals surface area contributed by atoms with Crippen LogP contribution in [-0.2, 0) is 4.74 Å². The highest BCUT2D eigenvalue weighted by Crippen LogP contribution is 2.50. The van der Waals surface area contributed by atoms with Crippen LogP contribution in [0.4, 0.5) is 5.95 Å². The van der Waals surface area contributed by atoms with Crippen LogP contribution in [0.1, 0.15) is 39.2 Å². The summed E-state index contributed by atoms with van der Waals surface area (Å²) in [6, 6.07) is 18.9. The largest absolute Gasteiger partial charge is 0.480 e. The van der Waals surface area contributed by atoms with E-state index in [1.807, 2.05) is 59.4 Å². The van der Waals surface area contributed by atoms with Crippen molar-refractivity contribution in [3.63, 3.8) is 0 Å². The zero-order valence-corrected chi connectivity index (χ0v) is 17.7. The molecule has 0 saturated carbocycles. The van der Waals surface area contributed by atoms with Gasteiger partial charge in [0, 0.05) is 23.5 Å². The number of pyridine rings is 1. The number of esters is 1. The van der Waals surface area contributed by atoms with Gasteiger partial charge in [0.1, 0.15) is 24.2 Å². The molecule has 2 aliphatic heterocycles. The number of carbonyl (C=O) groups excluding carboxylic acids is 1. The number of hydrogen-bond acceptors (Lipinski definition) is 7. The zero-order chi connectivity index (χ0) is 22.4. The van der Waals surface area contributed by atoms with Crippen molar-refractivity contribution in [1.82, 2.24) is 19.7 Å². The fourth-order valence-electron chi connectivity index (χ4n) is 4.46. The Labute approximate surface area is 189 Å². The number of ether oxygens (including phenoxy) is 2. The van der Waals surface area contributed by atoms with Gasteiger partial charge in [-0.15, -0.1) is 0 Å². The van der Waals surface area contributed by atoms with Crippen LogP contribution >= 0.6 is 0 Å². The molecule has 0 saturated heterocycles. The minimum absolute atomic E-state index is 0.272. The lowest BCUT2D eigenvalue weighted by atomic mass is 9.85. The Kier molecular flexibility index (Phi) is 4.43. The molecule has 4 heterocycles. The van der Waals surface area contributed by atoms with Gasteiger partial charge in [-0.05, 0) is 41.5 Å². The number of nitrogens with zero attached hydrogens (tertiary/aromatic N) is 4. The van der Waals surface area contributed by atoms with Crippen LogP contribution < -0.4 is 10.1 Å². The van der Waals surface area contributed by atoms with Crippen LogP contribution in [-0.4, -0.2) is 32.8 Å². The average molecular weight is 437 g/mol. The number of para-hydroxylation sites is 1. The second-order valence-corrected chi connectivity index (χ2v) is 7.78. The third kappa shape index (κ3) is 3.07. The molecule has 33 heavy (non-hydrogen) atoms. The van der Waals surface area contributed by atoms with Crippen LogP contribution in [0, 0.1) is 0 Å². The summed E-state index contributed by atoms with van der Waals surface area (Å²) in [6.45, 7) is 0. The minimum Gasteiger partial charge on any atom is -0.480 e. The predicted octanol–water partition coefficient (Wildman–Crippen LogP) is 4.02. The van der Waals surface area contributed by atoms with Crippen molar-refractivity contribution in [2.45, 2.75) is 12.1 Å². The van der Waals surface area contributed by atoms with Crippen molar-refractivity contribution >= 4 is 17.6 Å². The first kappa shape index (κ1) is 19.2. The number of carbonyl (C=O) groups is 1. The zero-order valence-electron chi connectivity index (χ0n) is 17.7. The predicted molar refractivity (Wildman–Crippen MR) is 121 cm³/mol. The second-order valence-electron chi connectivity index (χ2n) is 7.78. The van der Waals surface area contributed by atoms with Crippen LogP contribution in [0.3, 0.4) is 0 Å². The SMILES string of the molecule is COC(=O)c1ccc([C@H]2Oc3ccccc3C3=C2[C@H](c2cccnc2)n2ncnc2N3)cc1. The fourth-order valence-corrected chi connectivity index (χ4v) is 4.46. The summed E-state index contributed by atoms with van der Waals surface area (Å²) in [5.41, 5.74) is 5.24. The van der Waals surface area contributed by atoms with E-state index in [2.05, 4.69) is 20.4 Å². The Balaban J connectivity index is 1.56. The number of rotatable bonds is 3. The first-order chi connectivity index (χ1) is 16.2. The molecule has 2 aliphatic rings. The van der Waals surface area contributed by atoms with Crippen LogP contribution in [0.2, 0.25) is 0 Å². The molecule has 0 bridgehead atoms. The molecule has 2 atom stereocenters. The van der Waals surface area contributed by atoms with Gasteiger partial charge in [-0.3, -0.25) is 4.98 Å². The summed E-state index contributed by atoms with van der Waals surface area (Å²) in [5, 5.41) is 7.97. The van der Waals surface area contributed by atoms with Crippen molar-refractivity contribution in [3.8, 4) is 5.75 Å². The van der Waals surface area contributed by atoms with Gasteiger partial charge in [0.05, 0.1) is 18.4 Å². The highest BCUT2D eigenvalue weighted by Gasteiger charge is 2.40. The summed E-state index contributed by atoms with van der Waals surface area (Å²) in [5.74, 6) is 1.04. The van der Waals surface area contributed by atoms with E-state index in [-0.39, 0.29) is 12.0 Å². The molecule has 0 amide bonds. The summed E-state index contributed by atoms with van der Waals surface area (Å²) in [4.78, 5) is 20.7. The van der Waals surface area contributed by atoms with E-state index >= 15 is 0 Å². The van der Waals surface area contributed by atoms with Crippen molar-refractivity contribution in [1.29, 1.82) is 0 Å².